The number of aryl methyl sites for hydroxylation is 2. The molecule has 122 valence electrons. The van der Waals surface area contributed by atoms with E-state index in [0.717, 1.165) is 16.9 Å². The third-order valence-electron chi connectivity index (χ3n) is 3.96. The molecule has 0 spiro atoms. The minimum Gasteiger partial charge on any atom is -0.480 e. The fraction of sp³-hybridized carbons (Fsp3) is 0.350. The zero-order valence-corrected chi connectivity index (χ0v) is 14.3. The molecule has 0 fully saturated rings. The van der Waals surface area contributed by atoms with E-state index in [-0.39, 0.29) is 11.9 Å². The summed E-state index contributed by atoms with van der Waals surface area (Å²) in [5.41, 5.74) is 3.33. The molecule has 2 rings (SSSR count). The minimum absolute atomic E-state index is 0.0439. The Kier molecular flexibility index (Phi) is 5.80. The van der Waals surface area contributed by atoms with Gasteiger partial charge >= 0.3 is 0 Å². The van der Waals surface area contributed by atoms with Crippen molar-refractivity contribution in [1.82, 2.24) is 5.32 Å². The first-order chi connectivity index (χ1) is 11.0. The summed E-state index contributed by atoms with van der Waals surface area (Å²) in [7, 11) is 0. The largest absolute Gasteiger partial charge is 0.480 e. The topological polar surface area (TPSA) is 38.3 Å². The van der Waals surface area contributed by atoms with Crippen LogP contribution in [0.2, 0.25) is 0 Å². The van der Waals surface area contributed by atoms with Gasteiger partial charge in [-0.3, -0.25) is 4.79 Å². The molecule has 0 aliphatic carbocycles. The molecular formula is C20H25NO2. The smallest absolute Gasteiger partial charge is 0.261 e. The van der Waals surface area contributed by atoms with Crippen molar-refractivity contribution in [3.63, 3.8) is 0 Å². The van der Waals surface area contributed by atoms with Crippen LogP contribution in [0, 0.1) is 13.8 Å². The van der Waals surface area contributed by atoms with Crippen LogP contribution in [0.25, 0.3) is 0 Å². The summed E-state index contributed by atoms with van der Waals surface area (Å²) in [5, 5.41) is 3.04. The molecule has 2 atom stereocenters. The molecule has 1 amide bonds. The van der Waals surface area contributed by atoms with Crippen LogP contribution in [-0.4, -0.2) is 12.0 Å². The fourth-order valence-corrected chi connectivity index (χ4v) is 2.41. The van der Waals surface area contributed by atoms with Crippen LogP contribution in [0.5, 0.6) is 5.75 Å². The molecule has 0 radical (unpaired) electrons. The summed E-state index contributed by atoms with van der Waals surface area (Å²) in [6.45, 7) is 7.98. The molecule has 3 heteroatoms. The molecule has 1 N–H and O–H groups in total. The van der Waals surface area contributed by atoms with Gasteiger partial charge in [0.1, 0.15) is 5.75 Å². The van der Waals surface area contributed by atoms with E-state index < -0.39 is 6.10 Å². The highest BCUT2D eigenvalue weighted by Gasteiger charge is 2.21. The zero-order chi connectivity index (χ0) is 16.8. The van der Waals surface area contributed by atoms with Gasteiger partial charge < -0.3 is 10.1 Å². The third-order valence-corrected chi connectivity index (χ3v) is 3.96. The molecule has 2 aromatic rings. The van der Waals surface area contributed by atoms with Crippen molar-refractivity contribution in [2.45, 2.75) is 46.3 Å². The lowest BCUT2D eigenvalue weighted by molar-refractivity contribution is -0.128. The Balaban J connectivity index is 2.02. The van der Waals surface area contributed by atoms with Crippen LogP contribution >= 0.6 is 0 Å². The van der Waals surface area contributed by atoms with E-state index >= 15 is 0 Å². The van der Waals surface area contributed by atoms with Crippen molar-refractivity contribution in [2.75, 3.05) is 0 Å². The third kappa shape index (κ3) is 4.59. The first-order valence-electron chi connectivity index (χ1n) is 8.10. The van der Waals surface area contributed by atoms with E-state index in [1.807, 2.05) is 57.2 Å². The standard InChI is InChI=1S/C20H25NO2/c1-5-18(23-19-9-7-6-8-15(19)3)20(22)21-16(4)17-12-10-14(2)11-13-17/h6-13,16,18H,5H2,1-4H3,(H,21,22)/t16-,18-/m1/s1. The zero-order valence-electron chi connectivity index (χ0n) is 14.3. The number of carbonyl (C=O) groups excluding carboxylic acids is 1. The van der Waals surface area contributed by atoms with Crippen molar-refractivity contribution >= 4 is 5.91 Å². The first-order valence-corrected chi connectivity index (χ1v) is 8.10. The second-order valence-electron chi connectivity index (χ2n) is 5.92. The number of amides is 1. The Morgan fingerprint density at radius 3 is 2.35 bits per heavy atom. The molecule has 0 aromatic heterocycles. The van der Waals surface area contributed by atoms with Gasteiger partial charge in [0.25, 0.3) is 5.91 Å². The Labute approximate surface area is 138 Å². The number of rotatable bonds is 6. The second-order valence-corrected chi connectivity index (χ2v) is 5.92. The van der Waals surface area contributed by atoms with Gasteiger partial charge in [0.15, 0.2) is 6.10 Å². The van der Waals surface area contributed by atoms with Crippen molar-refractivity contribution in [3.05, 3.63) is 65.2 Å². The molecule has 2 aromatic carbocycles. The highest BCUT2D eigenvalue weighted by Crippen LogP contribution is 2.20. The van der Waals surface area contributed by atoms with E-state index in [2.05, 4.69) is 24.4 Å². The summed E-state index contributed by atoms with van der Waals surface area (Å²) in [4.78, 5) is 12.5. The molecule has 0 aliphatic rings. The quantitative estimate of drug-likeness (QED) is 0.862. The summed E-state index contributed by atoms with van der Waals surface area (Å²) in [6.07, 6.45) is 0.143. The number of benzene rings is 2. The van der Waals surface area contributed by atoms with Crippen LogP contribution in [0.3, 0.4) is 0 Å². The average molecular weight is 311 g/mol. The maximum atomic E-state index is 12.5. The summed E-state index contributed by atoms with van der Waals surface area (Å²) in [5.74, 6) is 0.682. The van der Waals surface area contributed by atoms with Crippen molar-refractivity contribution in [2.24, 2.45) is 0 Å². The molecular weight excluding hydrogens is 286 g/mol. The van der Waals surface area contributed by atoms with Crippen LogP contribution < -0.4 is 10.1 Å². The van der Waals surface area contributed by atoms with Crippen molar-refractivity contribution in [1.29, 1.82) is 0 Å². The molecule has 23 heavy (non-hydrogen) atoms. The minimum atomic E-state index is -0.482. The maximum Gasteiger partial charge on any atom is 0.261 e. The van der Waals surface area contributed by atoms with Crippen LogP contribution in [0.4, 0.5) is 0 Å². The lowest BCUT2D eigenvalue weighted by atomic mass is 10.1. The predicted octanol–water partition coefficient (Wildman–Crippen LogP) is 4.34. The van der Waals surface area contributed by atoms with Gasteiger partial charge in [0, 0.05) is 0 Å². The molecule has 0 unspecified atom stereocenters. The van der Waals surface area contributed by atoms with Crippen LogP contribution in [0.1, 0.15) is 43.0 Å². The normalized spacial score (nSPS) is 13.2. The number of para-hydroxylation sites is 1. The molecule has 0 heterocycles. The van der Waals surface area contributed by atoms with Gasteiger partial charge in [-0.05, 0) is 44.4 Å². The Hall–Kier alpha value is -2.29. The van der Waals surface area contributed by atoms with E-state index in [4.69, 9.17) is 4.74 Å². The summed E-state index contributed by atoms with van der Waals surface area (Å²) in [6, 6.07) is 15.9. The highest BCUT2D eigenvalue weighted by atomic mass is 16.5. The Morgan fingerprint density at radius 2 is 1.74 bits per heavy atom. The van der Waals surface area contributed by atoms with Crippen molar-refractivity contribution in [3.8, 4) is 5.75 Å². The number of hydrogen-bond donors (Lipinski definition) is 1. The Bertz CT molecular complexity index is 649. The van der Waals surface area contributed by atoms with Gasteiger partial charge in [-0.25, -0.2) is 0 Å². The van der Waals surface area contributed by atoms with Gasteiger partial charge in [-0.2, -0.15) is 0 Å². The fourth-order valence-electron chi connectivity index (χ4n) is 2.41. The molecule has 0 aliphatic heterocycles. The maximum absolute atomic E-state index is 12.5. The van der Waals surface area contributed by atoms with Gasteiger partial charge in [-0.15, -0.1) is 0 Å². The lowest BCUT2D eigenvalue weighted by Crippen LogP contribution is -2.39. The van der Waals surface area contributed by atoms with Gasteiger partial charge in [0.05, 0.1) is 6.04 Å². The monoisotopic (exact) mass is 311 g/mol. The number of carbonyl (C=O) groups is 1. The summed E-state index contributed by atoms with van der Waals surface area (Å²) >= 11 is 0. The van der Waals surface area contributed by atoms with Crippen molar-refractivity contribution < 1.29 is 9.53 Å². The SMILES string of the molecule is CC[C@@H](Oc1ccccc1C)C(=O)N[C@H](C)c1ccc(C)cc1. The van der Waals surface area contributed by atoms with Gasteiger partial charge in [-0.1, -0.05) is 55.0 Å². The first kappa shape index (κ1) is 17.1. The van der Waals surface area contributed by atoms with E-state index in [1.54, 1.807) is 0 Å². The number of hydrogen-bond acceptors (Lipinski definition) is 2. The average Bonchev–Trinajstić information content (AvgIpc) is 2.54. The van der Waals surface area contributed by atoms with E-state index in [0.29, 0.717) is 6.42 Å². The highest BCUT2D eigenvalue weighted by molar-refractivity contribution is 5.81. The summed E-state index contributed by atoms with van der Waals surface area (Å²) < 4.78 is 5.90. The molecule has 3 nitrogen and oxygen atoms in total. The number of ether oxygens (including phenoxy) is 1. The molecule has 0 saturated carbocycles. The molecule has 0 bridgehead atoms. The molecule has 0 saturated heterocycles. The van der Waals surface area contributed by atoms with Gasteiger partial charge in [0.2, 0.25) is 0 Å². The predicted molar refractivity (Wildman–Crippen MR) is 93.6 cm³/mol. The lowest BCUT2D eigenvalue weighted by Gasteiger charge is -2.21. The van der Waals surface area contributed by atoms with Crippen LogP contribution in [0.15, 0.2) is 48.5 Å². The Morgan fingerprint density at radius 1 is 1.09 bits per heavy atom. The number of nitrogens with one attached hydrogen (secondary N) is 1. The second kappa shape index (κ2) is 7.82. The van der Waals surface area contributed by atoms with Crippen LogP contribution in [-0.2, 0) is 4.79 Å². The van der Waals surface area contributed by atoms with E-state index in [9.17, 15) is 4.79 Å². The van der Waals surface area contributed by atoms with E-state index in [1.165, 1.54) is 5.56 Å².